The molecule has 0 spiro atoms. The first-order valence-electron chi connectivity index (χ1n) is 9.87. The Morgan fingerprint density at radius 3 is 2.52 bits per heavy atom. The van der Waals surface area contributed by atoms with Gasteiger partial charge >= 0.3 is 0 Å². The third-order valence-corrected chi connectivity index (χ3v) is 6.29. The summed E-state index contributed by atoms with van der Waals surface area (Å²) in [6.07, 6.45) is 1.16. The molecule has 152 valence electrons. The number of anilines is 1. The second kappa shape index (κ2) is 7.15. The highest BCUT2D eigenvalue weighted by Gasteiger charge is 2.41. The first-order chi connectivity index (χ1) is 15.2. The standard InChI is InChI=1S/C24H16Cl2N4O/c25-15-11-9-14(10-12-15)22-20-21(29-24-27-13-28-30(22)24)17-6-2-4-8-19(17)31-23(20)16-5-1-3-7-18(16)26/h1-13,22-23H,(H,27,28,29)/t22-,23-/m0/s1. The molecule has 6 rings (SSSR count). The fourth-order valence-electron chi connectivity index (χ4n) is 4.33. The van der Waals surface area contributed by atoms with Crippen LogP contribution in [-0.2, 0) is 0 Å². The molecule has 1 N–H and O–H groups in total. The Bertz CT molecular complexity index is 1330. The van der Waals surface area contributed by atoms with E-state index in [9.17, 15) is 0 Å². The molecular formula is C24H16Cl2N4O. The number of nitrogens with one attached hydrogen (secondary N) is 1. The van der Waals surface area contributed by atoms with Crippen molar-refractivity contribution < 1.29 is 4.74 Å². The topological polar surface area (TPSA) is 52.0 Å². The molecule has 0 bridgehead atoms. The molecule has 0 fully saturated rings. The Labute approximate surface area is 188 Å². The van der Waals surface area contributed by atoms with Gasteiger partial charge in [-0.25, -0.2) is 4.68 Å². The lowest BCUT2D eigenvalue weighted by atomic mass is 9.84. The van der Waals surface area contributed by atoms with Crippen molar-refractivity contribution in [3.63, 3.8) is 0 Å². The highest BCUT2D eigenvalue weighted by molar-refractivity contribution is 6.31. The lowest BCUT2D eigenvalue weighted by molar-refractivity contribution is 0.223. The van der Waals surface area contributed by atoms with E-state index >= 15 is 0 Å². The summed E-state index contributed by atoms with van der Waals surface area (Å²) in [5.41, 5.74) is 4.90. The van der Waals surface area contributed by atoms with Crippen LogP contribution in [0.15, 0.2) is 84.7 Å². The van der Waals surface area contributed by atoms with Gasteiger partial charge in [-0.2, -0.15) is 10.1 Å². The molecule has 3 aromatic carbocycles. The molecule has 2 aliphatic heterocycles. The van der Waals surface area contributed by atoms with Crippen LogP contribution >= 0.6 is 23.2 Å². The fraction of sp³-hybridized carbons (Fsp3) is 0.0833. The van der Waals surface area contributed by atoms with Crippen molar-refractivity contribution in [2.75, 3.05) is 5.32 Å². The maximum atomic E-state index is 6.63. The number of nitrogens with zero attached hydrogens (tertiary/aromatic N) is 3. The number of fused-ring (bicyclic) bond motifs is 3. The maximum absolute atomic E-state index is 6.63. The third kappa shape index (κ3) is 2.92. The number of aromatic nitrogens is 3. The molecule has 31 heavy (non-hydrogen) atoms. The zero-order valence-electron chi connectivity index (χ0n) is 16.2. The minimum absolute atomic E-state index is 0.236. The molecule has 0 saturated carbocycles. The predicted octanol–water partition coefficient (Wildman–Crippen LogP) is 6.14. The maximum Gasteiger partial charge on any atom is 0.226 e. The molecule has 0 saturated heterocycles. The molecule has 5 nitrogen and oxygen atoms in total. The van der Waals surface area contributed by atoms with Gasteiger partial charge in [0.1, 0.15) is 18.1 Å². The van der Waals surface area contributed by atoms with Crippen molar-refractivity contribution in [1.82, 2.24) is 14.8 Å². The van der Waals surface area contributed by atoms with Gasteiger partial charge in [-0.1, -0.05) is 65.7 Å². The lowest BCUT2D eigenvalue weighted by Gasteiger charge is -2.39. The van der Waals surface area contributed by atoms with Gasteiger partial charge in [0.2, 0.25) is 5.95 Å². The largest absolute Gasteiger partial charge is 0.480 e. The normalized spacial score (nSPS) is 19.0. The van der Waals surface area contributed by atoms with Crippen LogP contribution in [0.3, 0.4) is 0 Å². The minimum atomic E-state index is -0.399. The summed E-state index contributed by atoms with van der Waals surface area (Å²) in [7, 11) is 0. The molecule has 3 heterocycles. The van der Waals surface area contributed by atoms with Crippen molar-refractivity contribution in [3.8, 4) is 5.75 Å². The average Bonchev–Trinajstić information content (AvgIpc) is 3.27. The van der Waals surface area contributed by atoms with Crippen LogP contribution in [-0.4, -0.2) is 14.8 Å². The van der Waals surface area contributed by atoms with Crippen molar-refractivity contribution in [3.05, 3.63) is 111 Å². The number of benzene rings is 3. The Hall–Kier alpha value is -3.28. The van der Waals surface area contributed by atoms with E-state index in [1.807, 2.05) is 77.5 Å². The molecule has 2 aliphatic rings. The fourth-order valence-corrected chi connectivity index (χ4v) is 4.69. The quantitative estimate of drug-likeness (QED) is 0.401. The van der Waals surface area contributed by atoms with E-state index in [1.165, 1.54) is 0 Å². The third-order valence-electron chi connectivity index (χ3n) is 5.69. The number of ether oxygens (including phenoxy) is 1. The first-order valence-corrected chi connectivity index (χ1v) is 10.6. The van der Waals surface area contributed by atoms with Gasteiger partial charge in [-0.15, -0.1) is 0 Å². The van der Waals surface area contributed by atoms with Gasteiger partial charge in [-0.3, -0.25) is 0 Å². The number of para-hydroxylation sites is 1. The summed E-state index contributed by atoms with van der Waals surface area (Å²) in [6.45, 7) is 0. The van der Waals surface area contributed by atoms with Crippen LogP contribution in [0.25, 0.3) is 5.70 Å². The van der Waals surface area contributed by atoms with E-state index in [0.717, 1.165) is 33.7 Å². The second-order valence-corrected chi connectivity index (χ2v) is 8.30. The Kier molecular flexibility index (Phi) is 4.26. The van der Waals surface area contributed by atoms with Crippen molar-refractivity contribution in [2.45, 2.75) is 12.1 Å². The van der Waals surface area contributed by atoms with Crippen LogP contribution in [0.5, 0.6) is 5.75 Å². The molecule has 0 unspecified atom stereocenters. The molecule has 0 amide bonds. The van der Waals surface area contributed by atoms with Crippen LogP contribution in [0.1, 0.15) is 28.8 Å². The summed E-state index contributed by atoms with van der Waals surface area (Å²) in [6, 6.07) is 23.3. The molecular weight excluding hydrogens is 431 g/mol. The van der Waals surface area contributed by atoms with E-state index in [4.69, 9.17) is 27.9 Å². The van der Waals surface area contributed by atoms with Crippen molar-refractivity contribution >= 4 is 34.8 Å². The van der Waals surface area contributed by atoms with Crippen LogP contribution in [0, 0.1) is 0 Å². The summed E-state index contributed by atoms with van der Waals surface area (Å²) >= 11 is 12.8. The SMILES string of the molecule is Clc1ccc([C@H]2C3=C(Nc4ncnn42)c2ccccc2O[C@H]3c2ccccc2Cl)cc1. The first kappa shape index (κ1) is 18.5. The number of rotatable bonds is 2. The van der Waals surface area contributed by atoms with Gasteiger partial charge in [0.05, 0.1) is 5.70 Å². The Morgan fingerprint density at radius 2 is 1.68 bits per heavy atom. The summed E-state index contributed by atoms with van der Waals surface area (Å²) in [4.78, 5) is 4.44. The second-order valence-electron chi connectivity index (χ2n) is 7.45. The van der Waals surface area contributed by atoms with Gasteiger partial charge < -0.3 is 10.1 Å². The Balaban J connectivity index is 1.65. The van der Waals surface area contributed by atoms with E-state index in [-0.39, 0.29) is 6.04 Å². The van der Waals surface area contributed by atoms with E-state index in [2.05, 4.69) is 15.4 Å². The summed E-state index contributed by atoms with van der Waals surface area (Å²) < 4.78 is 8.44. The van der Waals surface area contributed by atoms with Crippen LogP contribution < -0.4 is 10.1 Å². The van der Waals surface area contributed by atoms with Gasteiger partial charge in [0, 0.05) is 26.7 Å². The molecule has 0 aliphatic carbocycles. The summed E-state index contributed by atoms with van der Waals surface area (Å²) in [5, 5.41) is 9.34. The summed E-state index contributed by atoms with van der Waals surface area (Å²) in [5.74, 6) is 1.47. The smallest absolute Gasteiger partial charge is 0.226 e. The van der Waals surface area contributed by atoms with E-state index < -0.39 is 6.10 Å². The van der Waals surface area contributed by atoms with Crippen LogP contribution in [0.2, 0.25) is 10.0 Å². The van der Waals surface area contributed by atoms with Crippen molar-refractivity contribution in [2.24, 2.45) is 0 Å². The zero-order valence-corrected chi connectivity index (χ0v) is 17.7. The van der Waals surface area contributed by atoms with Gasteiger partial charge in [-0.05, 0) is 35.9 Å². The molecule has 2 atom stereocenters. The molecule has 4 aromatic rings. The predicted molar refractivity (Wildman–Crippen MR) is 121 cm³/mol. The van der Waals surface area contributed by atoms with Crippen LogP contribution in [0.4, 0.5) is 5.95 Å². The highest BCUT2D eigenvalue weighted by Crippen LogP contribution is 2.51. The van der Waals surface area contributed by atoms with Gasteiger partial charge in [0.15, 0.2) is 6.10 Å². The van der Waals surface area contributed by atoms with Gasteiger partial charge in [0.25, 0.3) is 0 Å². The Morgan fingerprint density at radius 1 is 0.903 bits per heavy atom. The minimum Gasteiger partial charge on any atom is -0.480 e. The molecule has 1 aromatic heterocycles. The number of hydrogen-bond donors (Lipinski definition) is 1. The monoisotopic (exact) mass is 446 g/mol. The molecule has 7 heteroatoms. The van der Waals surface area contributed by atoms with Crippen molar-refractivity contribution in [1.29, 1.82) is 0 Å². The van der Waals surface area contributed by atoms with E-state index in [1.54, 1.807) is 6.33 Å². The number of hydrogen-bond acceptors (Lipinski definition) is 4. The lowest BCUT2D eigenvalue weighted by Crippen LogP contribution is -2.32. The zero-order chi connectivity index (χ0) is 20.9. The average molecular weight is 447 g/mol. The van der Waals surface area contributed by atoms with E-state index in [0.29, 0.717) is 16.0 Å². The number of halogens is 2. The highest BCUT2D eigenvalue weighted by atomic mass is 35.5. The molecule has 0 radical (unpaired) electrons.